The number of aromatic nitrogens is 2. The number of nitrogens with zero attached hydrogens (tertiary/aromatic N) is 2. The Morgan fingerprint density at radius 2 is 2.11 bits per heavy atom. The van der Waals surface area contributed by atoms with Crippen LogP contribution in [0.3, 0.4) is 0 Å². The molecular formula is C14H15FN2O2. The van der Waals surface area contributed by atoms with Crippen molar-refractivity contribution >= 4 is 0 Å². The van der Waals surface area contributed by atoms with Gasteiger partial charge in [-0.05, 0) is 31.5 Å². The van der Waals surface area contributed by atoms with Crippen LogP contribution >= 0.6 is 0 Å². The zero-order valence-corrected chi connectivity index (χ0v) is 11.1. The van der Waals surface area contributed by atoms with Crippen molar-refractivity contribution in [1.29, 1.82) is 0 Å². The zero-order chi connectivity index (χ0) is 14.0. The molecule has 0 atom stereocenters. The van der Waals surface area contributed by atoms with Crippen LogP contribution in [-0.4, -0.2) is 16.9 Å². The Hall–Kier alpha value is -2.17. The normalized spacial score (nSPS) is 10.8. The van der Waals surface area contributed by atoms with E-state index < -0.39 is 0 Å². The van der Waals surface area contributed by atoms with Crippen molar-refractivity contribution in [3.8, 4) is 16.9 Å². The molecule has 0 amide bonds. The second-order valence-electron chi connectivity index (χ2n) is 4.45. The summed E-state index contributed by atoms with van der Waals surface area (Å²) < 4.78 is 19.8. The van der Waals surface area contributed by atoms with E-state index in [0.717, 1.165) is 0 Å². The third-order valence-corrected chi connectivity index (χ3v) is 2.79. The minimum Gasteiger partial charge on any atom is -0.491 e. The van der Waals surface area contributed by atoms with Crippen molar-refractivity contribution in [2.45, 2.75) is 19.9 Å². The Bertz CT molecular complexity index is 650. The number of benzene rings is 1. The van der Waals surface area contributed by atoms with Crippen LogP contribution in [0, 0.1) is 5.82 Å². The lowest BCUT2D eigenvalue weighted by Gasteiger charge is -2.13. The van der Waals surface area contributed by atoms with Crippen molar-refractivity contribution < 1.29 is 9.13 Å². The van der Waals surface area contributed by atoms with Crippen LogP contribution in [0.4, 0.5) is 4.39 Å². The molecule has 2 rings (SSSR count). The van der Waals surface area contributed by atoms with E-state index in [1.807, 2.05) is 13.8 Å². The number of hydrogen-bond donors (Lipinski definition) is 0. The quantitative estimate of drug-likeness (QED) is 0.854. The van der Waals surface area contributed by atoms with E-state index in [1.54, 1.807) is 12.1 Å². The molecule has 1 aromatic heterocycles. The van der Waals surface area contributed by atoms with E-state index in [-0.39, 0.29) is 23.2 Å². The molecule has 0 bridgehead atoms. The van der Waals surface area contributed by atoms with Crippen LogP contribution in [0.2, 0.25) is 0 Å². The monoisotopic (exact) mass is 262 g/mol. The van der Waals surface area contributed by atoms with E-state index in [1.165, 1.54) is 30.1 Å². The highest BCUT2D eigenvalue weighted by molar-refractivity contribution is 5.68. The Balaban J connectivity index is 2.66. The molecule has 0 aliphatic rings. The van der Waals surface area contributed by atoms with Crippen molar-refractivity contribution in [1.82, 2.24) is 9.78 Å². The van der Waals surface area contributed by atoms with Crippen molar-refractivity contribution in [2.75, 3.05) is 7.11 Å². The molecule has 1 aromatic carbocycles. The van der Waals surface area contributed by atoms with Gasteiger partial charge in [0.15, 0.2) is 5.75 Å². The van der Waals surface area contributed by atoms with Gasteiger partial charge in [-0.2, -0.15) is 5.10 Å². The third-order valence-electron chi connectivity index (χ3n) is 2.79. The second-order valence-corrected chi connectivity index (χ2v) is 4.45. The second kappa shape index (κ2) is 5.22. The lowest BCUT2D eigenvalue weighted by Crippen LogP contribution is -2.26. The van der Waals surface area contributed by atoms with Gasteiger partial charge in [-0.3, -0.25) is 4.79 Å². The molecule has 100 valence electrons. The van der Waals surface area contributed by atoms with Crippen LogP contribution in [0.1, 0.15) is 19.9 Å². The fourth-order valence-corrected chi connectivity index (χ4v) is 1.88. The van der Waals surface area contributed by atoms with Gasteiger partial charge >= 0.3 is 5.56 Å². The molecule has 0 fully saturated rings. The third kappa shape index (κ3) is 2.50. The smallest absolute Gasteiger partial charge is 0.309 e. The number of rotatable bonds is 3. The Morgan fingerprint density at radius 1 is 1.37 bits per heavy atom. The first kappa shape index (κ1) is 13.3. The maximum absolute atomic E-state index is 13.3. The number of methoxy groups -OCH3 is 1. The van der Waals surface area contributed by atoms with Gasteiger partial charge in [0, 0.05) is 5.56 Å². The summed E-state index contributed by atoms with van der Waals surface area (Å²) in [6.45, 7) is 3.71. The molecule has 1 heterocycles. The van der Waals surface area contributed by atoms with Gasteiger partial charge in [0.05, 0.1) is 19.3 Å². The number of halogens is 1. The fourth-order valence-electron chi connectivity index (χ4n) is 1.88. The van der Waals surface area contributed by atoms with Crippen LogP contribution in [-0.2, 0) is 0 Å². The van der Waals surface area contributed by atoms with Gasteiger partial charge in [-0.1, -0.05) is 12.1 Å². The van der Waals surface area contributed by atoms with Gasteiger partial charge in [0.2, 0.25) is 0 Å². The van der Waals surface area contributed by atoms with E-state index in [4.69, 9.17) is 4.74 Å². The molecule has 0 saturated carbocycles. The molecule has 0 spiro atoms. The highest BCUT2D eigenvalue weighted by atomic mass is 19.1. The van der Waals surface area contributed by atoms with Crippen LogP contribution in [0.5, 0.6) is 5.75 Å². The van der Waals surface area contributed by atoms with Gasteiger partial charge < -0.3 is 4.74 Å². The molecule has 0 N–H and O–H groups in total. The first-order chi connectivity index (χ1) is 9.04. The zero-order valence-electron chi connectivity index (χ0n) is 11.1. The molecule has 2 aromatic rings. The fraction of sp³-hybridized carbons (Fsp3) is 0.286. The first-order valence-electron chi connectivity index (χ1n) is 5.96. The maximum Gasteiger partial charge on any atom is 0.309 e. The van der Waals surface area contributed by atoms with E-state index in [0.29, 0.717) is 11.1 Å². The summed E-state index contributed by atoms with van der Waals surface area (Å²) in [7, 11) is 1.42. The van der Waals surface area contributed by atoms with Gasteiger partial charge in [-0.15, -0.1) is 0 Å². The summed E-state index contributed by atoms with van der Waals surface area (Å²) in [5.41, 5.74) is 0.737. The van der Waals surface area contributed by atoms with Gasteiger partial charge in [0.25, 0.3) is 0 Å². The highest BCUT2D eigenvalue weighted by Gasteiger charge is 2.15. The molecule has 19 heavy (non-hydrogen) atoms. The standard InChI is InChI=1S/C14H15FN2O2/c1-9(2)17-14(18)13(19-3)12(8-16-17)10-5-4-6-11(15)7-10/h4-9H,1-3H3. The lowest BCUT2D eigenvalue weighted by molar-refractivity contribution is 0.391. The topological polar surface area (TPSA) is 44.1 Å². The van der Waals surface area contributed by atoms with E-state index in [9.17, 15) is 9.18 Å². The van der Waals surface area contributed by atoms with Crippen molar-refractivity contribution in [2.24, 2.45) is 0 Å². The molecule has 0 aliphatic heterocycles. The Labute approximate surface area is 110 Å². The lowest BCUT2D eigenvalue weighted by atomic mass is 10.1. The van der Waals surface area contributed by atoms with Gasteiger partial charge in [-0.25, -0.2) is 9.07 Å². The Morgan fingerprint density at radius 3 is 2.68 bits per heavy atom. The Kier molecular flexibility index (Phi) is 3.64. The largest absolute Gasteiger partial charge is 0.491 e. The summed E-state index contributed by atoms with van der Waals surface area (Å²) in [5.74, 6) is -0.193. The number of hydrogen-bond acceptors (Lipinski definition) is 3. The summed E-state index contributed by atoms with van der Waals surface area (Å²) in [6.07, 6.45) is 1.52. The molecule has 5 heteroatoms. The predicted molar refractivity (Wildman–Crippen MR) is 70.8 cm³/mol. The SMILES string of the molecule is COc1c(-c2cccc(F)c2)cnn(C(C)C)c1=O. The minimum atomic E-state index is -0.368. The predicted octanol–water partition coefficient (Wildman–Crippen LogP) is 2.64. The number of ether oxygens (including phenoxy) is 1. The van der Waals surface area contributed by atoms with Crippen molar-refractivity contribution in [3.05, 3.63) is 46.6 Å². The summed E-state index contributed by atoms with van der Waals surface area (Å²) >= 11 is 0. The summed E-state index contributed by atoms with van der Waals surface area (Å²) in [6, 6.07) is 5.92. The minimum absolute atomic E-state index is 0.0667. The molecular weight excluding hydrogens is 247 g/mol. The molecule has 0 unspecified atom stereocenters. The van der Waals surface area contributed by atoms with Crippen molar-refractivity contribution in [3.63, 3.8) is 0 Å². The van der Waals surface area contributed by atoms with E-state index in [2.05, 4.69) is 5.10 Å². The summed E-state index contributed by atoms with van der Waals surface area (Å²) in [4.78, 5) is 12.2. The highest BCUT2D eigenvalue weighted by Crippen LogP contribution is 2.26. The van der Waals surface area contributed by atoms with E-state index >= 15 is 0 Å². The summed E-state index contributed by atoms with van der Waals surface area (Å²) in [5, 5.41) is 4.09. The molecule has 0 saturated heterocycles. The van der Waals surface area contributed by atoms with Gasteiger partial charge in [0.1, 0.15) is 5.82 Å². The first-order valence-corrected chi connectivity index (χ1v) is 5.96. The average molecular weight is 262 g/mol. The molecule has 0 aliphatic carbocycles. The van der Waals surface area contributed by atoms with Crippen LogP contribution < -0.4 is 10.3 Å². The average Bonchev–Trinajstić information content (AvgIpc) is 2.37. The molecule has 0 radical (unpaired) electrons. The van der Waals surface area contributed by atoms with Crippen LogP contribution in [0.15, 0.2) is 35.3 Å². The molecule has 4 nitrogen and oxygen atoms in total. The maximum atomic E-state index is 13.3. The van der Waals surface area contributed by atoms with Crippen LogP contribution in [0.25, 0.3) is 11.1 Å².